The van der Waals surface area contributed by atoms with Gasteiger partial charge in [-0.1, -0.05) is 17.9 Å². The molecule has 0 aliphatic carbocycles. The summed E-state index contributed by atoms with van der Waals surface area (Å²) >= 11 is 0. The highest BCUT2D eigenvalue weighted by Gasteiger charge is 2.08. The van der Waals surface area contributed by atoms with Gasteiger partial charge in [-0.2, -0.15) is 0 Å². The lowest BCUT2D eigenvalue weighted by molar-refractivity contribution is 0.0922. The summed E-state index contributed by atoms with van der Waals surface area (Å²) in [6, 6.07) is 6.75. The zero-order valence-electron chi connectivity index (χ0n) is 11.0. The van der Waals surface area contributed by atoms with Crippen LogP contribution in [-0.2, 0) is 0 Å². The summed E-state index contributed by atoms with van der Waals surface area (Å²) in [5.41, 5.74) is 1.29. The standard InChI is InChI=1S/C15H19NO3/c1-12(11-18)16-15(19)14-8-5-7-13(10-14)6-3-2-4-9-17/h5,7-8,10,12,17-18H,2,4,9,11H2,1H3,(H,16,19). The number of rotatable bonds is 5. The van der Waals surface area contributed by atoms with Crippen LogP contribution in [0.1, 0.15) is 35.7 Å². The van der Waals surface area contributed by atoms with Gasteiger partial charge in [-0.3, -0.25) is 4.79 Å². The van der Waals surface area contributed by atoms with Crippen molar-refractivity contribution in [3.63, 3.8) is 0 Å². The van der Waals surface area contributed by atoms with Gasteiger partial charge in [-0.25, -0.2) is 0 Å². The van der Waals surface area contributed by atoms with Crippen LogP contribution in [0.4, 0.5) is 0 Å². The molecule has 1 aromatic rings. The number of amides is 1. The van der Waals surface area contributed by atoms with Gasteiger partial charge in [0.05, 0.1) is 6.61 Å². The van der Waals surface area contributed by atoms with Gasteiger partial charge >= 0.3 is 0 Å². The summed E-state index contributed by atoms with van der Waals surface area (Å²) in [6.07, 6.45) is 1.29. The summed E-state index contributed by atoms with van der Waals surface area (Å²) in [6.45, 7) is 1.78. The van der Waals surface area contributed by atoms with E-state index >= 15 is 0 Å². The topological polar surface area (TPSA) is 69.6 Å². The molecule has 0 aliphatic rings. The third-order valence-electron chi connectivity index (χ3n) is 2.47. The zero-order valence-corrected chi connectivity index (χ0v) is 11.0. The van der Waals surface area contributed by atoms with E-state index in [2.05, 4.69) is 17.2 Å². The van der Waals surface area contributed by atoms with Crippen LogP contribution in [0, 0.1) is 11.8 Å². The predicted octanol–water partition coefficient (Wildman–Crippen LogP) is 0.921. The number of hydrogen-bond donors (Lipinski definition) is 3. The molecule has 1 aromatic carbocycles. The highest BCUT2D eigenvalue weighted by Crippen LogP contribution is 2.04. The second kappa shape index (κ2) is 8.30. The summed E-state index contributed by atoms with van der Waals surface area (Å²) in [7, 11) is 0. The van der Waals surface area contributed by atoms with Gasteiger partial charge in [-0.05, 0) is 31.5 Å². The Kier molecular flexibility index (Phi) is 6.65. The van der Waals surface area contributed by atoms with Crippen molar-refractivity contribution in [2.45, 2.75) is 25.8 Å². The average Bonchev–Trinajstić information content (AvgIpc) is 2.43. The molecule has 3 N–H and O–H groups in total. The van der Waals surface area contributed by atoms with E-state index in [1.165, 1.54) is 0 Å². The molecule has 4 heteroatoms. The minimum atomic E-state index is -0.271. The van der Waals surface area contributed by atoms with E-state index in [0.29, 0.717) is 18.4 Å². The van der Waals surface area contributed by atoms with Crippen LogP contribution in [-0.4, -0.2) is 35.4 Å². The van der Waals surface area contributed by atoms with Crippen LogP contribution >= 0.6 is 0 Å². The summed E-state index contributed by atoms with van der Waals surface area (Å²) in [5.74, 6) is 5.67. The first-order valence-corrected chi connectivity index (χ1v) is 6.29. The van der Waals surface area contributed by atoms with Crippen LogP contribution in [0.25, 0.3) is 0 Å². The minimum Gasteiger partial charge on any atom is -0.396 e. The number of aliphatic hydroxyl groups excluding tert-OH is 2. The fourth-order valence-electron chi connectivity index (χ4n) is 1.42. The lowest BCUT2D eigenvalue weighted by atomic mass is 10.1. The predicted molar refractivity (Wildman–Crippen MR) is 73.7 cm³/mol. The molecule has 19 heavy (non-hydrogen) atoms. The van der Waals surface area contributed by atoms with Gasteiger partial charge < -0.3 is 15.5 Å². The first-order valence-electron chi connectivity index (χ1n) is 6.29. The Morgan fingerprint density at radius 1 is 1.42 bits per heavy atom. The van der Waals surface area contributed by atoms with E-state index in [0.717, 1.165) is 5.56 Å². The van der Waals surface area contributed by atoms with Gasteiger partial charge in [0.2, 0.25) is 0 Å². The monoisotopic (exact) mass is 261 g/mol. The van der Waals surface area contributed by atoms with Gasteiger partial charge in [0.25, 0.3) is 5.91 Å². The third kappa shape index (κ3) is 5.56. The van der Waals surface area contributed by atoms with E-state index in [1.807, 2.05) is 6.07 Å². The number of carbonyl (C=O) groups is 1. The van der Waals surface area contributed by atoms with E-state index in [-0.39, 0.29) is 25.2 Å². The molecule has 1 atom stereocenters. The largest absolute Gasteiger partial charge is 0.396 e. The quantitative estimate of drug-likeness (QED) is 0.545. The molecule has 0 spiro atoms. The van der Waals surface area contributed by atoms with Gasteiger partial charge in [0.1, 0.15) is 0 Å². The Bertz CT molecular complexity index is 474. The second-order valence-electron chi connectivity index (χ2n) is 4.27. The maximum atomic E-state index is 11.8. The molecule has 0 aliphatic heterocycles. The van der Waals surface area contributed by atoms with Crippen LogP contribution in [0.5, 0.6) is 0 Å². The number of unbranched alkanes of at least 4 members (excludes halogenated alkanes) is 1. The fourth-order valence-corrected chi connectivity index (χ4v) is 1.42. The Morgan fingerprint density at radius 3 is 2.89 bits per heavy atom. The van der Waals surface area contributed by atoms with Crippen molar-refractivity contribution < 1.29 is 15.0 Å². The molecular weight excluding hydrogens is 242 g/mol. The van der Waals surface area contributed by atoms with Crippen molar-refractivity contribution in [2.24, 2.45) is 0 Å². The molecule has 1 amide bonds. The van der Waals surface area contributed by atoms with Crippen molar-refractivity contribution in [3.05, 3.63) is 35.4 Å². The molecule has 0 heterocycles. The number of carbonyl (C=O) groups excluding carboxylic acids is 1. The zero-order chi connectivity index (χ0) is 14.1. The van der Waals surface area contributed by atoms with Crippen LogP contribution in [0.3, 0.4) is 0 Å². The molecule has 0 bridgehead atoms. The Hall–Kier alpha value is -1.83. The normalized spacial score (nSPS) is 11.3. The van der Waals surface area contributed by atoms with Crippen molar-refractivity contribution in [1.82, 2.24) is 5.32 Å². The average molecular weight is 261 g/mol. The first-order chi connectivity index (χ1) is 9.17. The second-order valence-corrected chi connectivity index (χ2v) is 4.27. The van der Waals surface area contributed by atoms with Crippen molar-refractivity contribution in [1.29, 1.82) is 0 Å². The van der Waals surface area contributed by atoms with E-state index in [9.17, 15) is 4.79 Å². The van der Waals surface area contributed by atoms with Crippen molar-refractivity contribution >= 4 is 5.91 Å². The SMILES string of the molecule is CC(CO)NC(=O)c1cccc(C#CCCCO)c1. The maximum Gasteiger partial charge on any atom is 0.251 e. The number of hydrogen-bond acceptors (Lipinski definition) is 3. The molecule has 102 valence electrons. The van der Waals surface area contributed by atoms with E-state index < -0.39 is 0 Å². The highest BCUT2D eigenvalue weighted by atomic mass is 16.3. The van der Waals surface area contributed by atoms with Gasteiger partial charge in [0, 0.05) is 30.2 Å². The molecule has 4 nitrogen and oxygen atoms in total. The summed E-state index contributed by atoms with van der Waals surface area (Å²) in [5, 5.41) is 20.2. The first kappa shape index (κ1) is 15.2. The van der Waals surface area contributed by atoms with Crippen LogP contribution < -0.4 is 5.32 Å². The maximum absolute atomic E-state index is 11.8. The molecule has 0 saturated heterocycles. The Labute approximate surface area is 113 Å². The smallest absolute Gasteiger partial charge is 0.251 e. The van der Waals surface area contributed by atoms with Gasteiger partial charge in [-0.15, -0.1) is 0 Å². The lowest BCUT2D eigenvalue weighted by Crippen LogP contribution is -2.34. The molecular formula is C15H19NO3. The van der Waals surface area contributed by atoms with Crippen molar-refractivity contribution in [2.75, 3.05) is 13.2 Å². The molecule has 0 fully saturated rings. The number of benzene rings is 1. The molecule has 0 aromatic heterocycles. The number of aliphatic hydroxyl groups is 2. The summed E-state index contributed by atoms with van der Waals surface area (Å²) in [4.78, 5) is 11.8. The molecule has 0 radical (unpaired) electrons. The Balaban J connectivity index is 2.70. The highest BCUT2D eigenvalue weighted by molar-refractivity contribution is 5.94. The van der Waals surface area contributed by atoms with E-state index in [4.69, 9.17) is 10.2 Å². The fraction of sp³-hybridized carbons (Fsp3) is 0.400. The van der Waals surface area contributed by atoms with Crippen LogP contribution in [0.2, 0.25) is 0 Å². The molecule has 1 unspecified atom stereocenters. The molecule has 0 saturated carbocycles. The van der Waals surface area contributed by atoms with E-state index in [1.54, 1.807) is 25.1 Å². The lowest BCUT2D eigenvalue weighted by Gasteiger charge is -2.10. The molecule has 1 rings (SSSR count). The van der Waals surface area contributed by atoms with Crippen LogP contribution in [0.15, 0.2) is 24.3 Å². The summed E-state index contributed by atoms with van der Waals surface area (Å²) < 4.78 is 0. The third-order valence-corrected chi connectivity index (χ3v) is 2.47. The van der Waals surface area contributed by atoms with Crippen molar-refractivity contribution in [3.8, 4) is 11.8 Å². The minimum absolute atomic E-state index is 0.0909. The Morgan fingerprint density at radius 2 is 2.21 bits per heavy atom. The van der Waals surface area contributed by atoms with Gasteiger partial charge in [0.15, 0.2) is 0 Å². The number of nitrogens with one attached hydrogen (secondary N) is 1.